The van der Waals surface area contributed by atoms with Gasteiger partial charge in [0.25, 0.3) is 0 Å². The lowest BCUT2D eigenvalue weighted by Crippen LogP contribution is -2.00. The molecule has 0 amide bonds. The molecule has 5 aromatic heterocycles. The van der Waals surface area contributed by atoms with E-state index in [9.17, 15) is 0 Å². The third-order valence-electron chi connectivity index (χ3n) is 7.27. The Bertz CT molecular complexity index is 3040. The number of hydrogen-bond acceptors (Lipinski definition) is 3. The van der Waals surface area contributed by atoms with Gasteiger partial charge in [-0.3, -0.25) is 9.13 Å². The number of para-hydroxylation sites is 4. The van der Waals surface area contributed by atoms with Crippen molar-refractivity contribution in [3.63, 3.8) is 0 Å². The molecule has 0 aliphatic rings. The first kappa shape index (κ1) is 13.5. The van der Waals surface area contributed by atoms with Crippen molar-refractivity contribution in [2.24, 2.45) is 0 Å². The van der Waals surface area contributed by atoms with Crippen molar-refractivity contribution in [3.05, 3.63) is 151 Å². The Morgan fingerprint density at radius 2 is 0.659 bits per heavy atom. The van der Waals surface area contributed by atoms with E-state index in [2.05, 4.69) is 0 Å². The summed E-state index contributed by atoms with van der Waals surface area (Å²) in [5.41, 5.74) is 0.821. The van der Waals surface area contributed by atoms with E-state index in [1.807, 2.05) is 0 Å². The maximum Gasteiger partial charge on any atom is 0.138 e. The Labute approximate surface area is 275 Å². The highest BCUT2D eigenvalue weighted by atomic mass is 15.1. The predicted octanol–water partition coefficient (Wildman–Crippen LogP) is 9.40. The number of aromatic nitrogens is 5. The van der Waals surface area contributed by atoms with Crippen molar-refractivity contribution < 1.29 is 21.9 Å². The molecule has 9 rings (SSSR count). The zero-order valence-electron chi connectivity index (χ0n) is 38.4. The van der Waals surface area contributed by atoms with Crippen LogP contribution in [-0.4, -0.2) is 24.1 Å². The van der Waals surface area contributed by atoms with Gasteiger partial charge >= 0.3 is 0 Å². The second kappa shape index (κ2) is 9.75. The predicted molar refractivity (Wildman–Crippen MR) is 179 cm³/mol. The summed E-state index contributed by atoms with van der Waals surface area (Å²) in [6.07, 6.45) is 0. The minimum atomic E-state index is -0.564. The molecular formula is C39H25N5. The maximum atomic E-state index is 8.83. The number of pyridine rings is 3. The van der Waals surface area contributed by atoms with Crippen molar-refractivity contribution in [2.75, 3.05) is 0 Å². The monoisotopic (exact) mass is 579 g/mol. The fraction of sp³-hybridized carbons (Fsp3) is 0. The van der Waals surface area contributed by atoms with Crippen molar-refractivity contribution in [3.8, 4) is 34.4 Å². The van der Waals surface area contributed by atoms with Crippen molar-refractivity contribution in [2.45, 2.75) is 0 Å². The summed E-state index contributed by atoms with van der Waals surface area (Å²) < 4.78 is 140. The van der Waals surface area contributed by atoms with E-state index in [1.165, 1.54) is 21.3 Å². The number of fused-ring (bicyclic) bond motifs is 6. The molecule has 5 heterocycles. The molecule has 0 saturated carbocycles. The molecule has 0 N–H and O–H groups in total. The van der Waals surface area contributed by atoms with Gasteiger partial charge in [-0.15, -0.1) is 0 Å². The Balaban J connectivity index is 1.24. The second-order valence-electron chi connectivity index (χ2n) is 9.74. The van der Waals surface area contributed by atoms with Crippen LogP contribution in [-0.2, 0) is 0 Å². The molecule has 0 radical (unpaired) electrons. The smallest absolute Gasteiger partial charge is 0.138 e. The van der Waals surface area contributed by atoms with Crippen LogP contribution >= 0.6 is 0 Å². The van der Waals surface area contributed by atoms with Crippen LogP contribution in [0.3, 0.4) is 0 Å². The third kappa shape index (κ3) is 3.76. The van der Waals surface area contributed by atoms with Crippen LogP contribution < -0.4 is 0 Å². The van der Waals surface area contributed by atoms with E-state index in [0.29, 0.717) is 11.4 Å². The van der Waals surface area contributed by atoms with Crippen LogP contribution in [0.5, 0.6) is 0 Å². The van der Waals surface area contributed by atoms with E-state index in [-0.39, 0.29) is 66.6 Å². The van der Waals surface area contributed by atoms with Gasteiger partial charge < -0.3 is 0 Å². The highest BCUT2D eigenvalue weighted by Crippen LogP contribution is 2.33. The van der Waals surface area contributed by atoms with E-state index < -0.39 is 96.7 Å². The molecule has 9 aromatic rings. The molecule has 0 aliphatic carbocycles. The van der Waals surface area contributed by atoms with Gasteiger partial charge in [0.15, 0.2) is 0 Å². The summed E-state index contributed by atoms with van der Waals surface area (Å²) in [6, 6.07) is 6.33. The van der Waals surface area contributed by atoms with E-state index >= 15 is 0 Å². The van der Waals surface area contributed by atoms with Crippen LogP contribution in [0, 0.1) is 0 Å². The van der Waals surface area contributed by atoms with Gasteiger partial charge in [0, 0.05) is 21.5 Å². The third-order valence-corrected chi connectivity index (χ3v) is 7.27. The fourth-order valence-electron chi connectivity index (χ4n) is 5.40. The van der Waals surface area contributed by atoms with Crippen molar-refractivity contribution in [1.82, 2.24) is 24.1 Å². The van der Waals surface area contributed by atoms with Crippen LogP contribution in [0.15, 0.2) is 151 Å². The number of nitrogens with zero attached hydrogens (tertiary/aromatic N) is 5. The minimum Gasteiger partial charge on any atom is -0.294 e. The zero-order valence-corrected chi connectivity index (χ0v) is 22.4. The molecule has 0 unspecified atom stereocenters. The van der Waals surface area contributed by atoms with Crippen LogP contribution in [0.4, 0.5) is 0 Å². The molecule has 206 valence electrons. The summed E-state index contributed by atoms with van der Waals surface area (Å²) in [5.74, 6) is 0.158. The van der Waals surface area contributed by atoms with Crippen molar-refractivity contribution >= 4 is 43.6 Å². The lowest BCUT2D eigenvalue weighted by molar-refractivity contribution is 1.07. The molecule has 0 fully saturated rings. The van der Waals surface area contributed by atoms with E-state index in [0.717, 1.165) is 0 Å². The molecule has 4 aromatic carbocycles. The average molecular weight is 580 g/mol. The van der Waals surface area contributed by atoms with Gasteiger partial charge in [0.2, 0.25) is 0 Å². The summed E-state index contributed by atoms with van der Waals surface area (Å²) >= 11 is 0. The molecule has 5 heteroatoms. The Morgan fingerprint density at radius 1 is 0.364 bits per heavy atom. The van der Waals surface area contributed by atoms with Crippen LogP contribution in [0.25, 0.3) is 78.0 Å². The maximum absolute atomic E-state index is 8.83. The number of hydrogen-bond donors (Lipinski definition) is 0. The van der Waals surface area contributed by atoms with Crippen LogP contribution in [0.1, 0.15) is 21.9 Å². The molecule has 0 aliphatic heterocycles. The minimum absolute atomic E-state index is 0.0790. The number of rotatable bonds is 4. The Morgan fingerprint density at radius 3 is 1.02 bits per heavy atom. The lowest BCUT2D eigenvalue weighted by Gasteiger charge is -2.11. The molecule has 0 saturated heterocycles. The topological polar surface area (TPSA) is 48.5 Å². The summed E-state index contributed by atoms with van der Waals surface area (Å²) in [5, 5.41) is -0.349. The van der Waals surface area contributed by atoms with Gasteiger partial charge in [-0.25, -0.2) is 15.0 Å². The van der Waals surface area contributed by atoms with Gasteiger partial charge in [0.05, 0.1) is 66.8 Å². The highest BCUT2D eigenvalue weighted by Gasteiger charge is 2.15. The molecule has 44 heavy (non-hydrogen) atoms. The average Bonchev–Trinajstić information content (AvgIpc) is 3.82. The first-order valence-electron chi connectivity index (χ1n) is 21.4. The Hall–Kier alpha value is -6.07. The standard InChI is InChI=1S/C39H25N5/c1-5-20-34-26(12-1)27-13-2-6-21-35(27)43(34)38-24-10-18-32(41-38)30-16-9-17-31(40-30)33-19-11-25-39(42-33)44-36-22-7-3-14-28(36)29-15-4-8-23-37(29)44/h1-25H/i1D,2D,3D,4D,5D,6D,7D,8D,12D,13D,14D,15D,20D,21D,22D,23D. The molecule has 0 spiro atoms. The highest BCUT2D eigenvalue weighted by molar-refractivity contribution is 6.10. The fourth-order valence-corrected chi connectivity index (χ4v) is 5.40. The van der Waals surface area contributed by atoms with Gasteiger partial charge in [0.1, 0.15) is 11.6 Å². The quantitative estimate of drug-likeness (QED) is 0.209. The molecule has 0 bridgehead atoms. The first-order chi connectivity index (χ1) is 28.5. The van der Waals surface area contributed by atoms with E-state index in [4.69, 9.17) is 36.9 Å². The Kier molecular flexibility index (Phi) is 2.99. The summed E-state index contributed by atoms with van der Waals surface area (Å²) in [7, 11) is 0. The molecule has 5 nitrogen and oxygen atoms in total. The first-order valence-corrected chi connectivity index (χ1v) is 13.4. The lowest BCUT2D eigenvalue weighted by atomic mass is 10.2. The van der Waals surface area contributed by atoms with Gasteiger partial charge in [-0.2, -0.15) is 0 Å². The second-order valence-corrected chi connectivity index (χ2v) is 9.74. The van der Waals surface area contributed by atoms with Gasteiger partial charge in [-0.05, 0) is 60.6 Å². The largest absolute Gasteiger partial charge is 0.294 e. The SMILES string of the molecule is [2H]c1c([2H])c([2H])c2c(c1[2H])c1c([2H])c([2H])c([2H])c([2H])c1n2-c1cccc(-c2cccc(-c3cccc(-n4c5c([2H])c([2H])c([2H])c([2H])c5c5c([2H])c([2H])c([2H])c([2H])c54)n3)n2)n1. The summed E-state index contributed by atoms with van der Waals surface area (Å²) in [6.45, 7) is 0. The molecular weight excluding hydrogens is 538 g/mol. The zero-order chi connectivity index (χ0) is 43.0. The van der Waals surface area contributed by atoms with E-state index in [1.54, 1.807) is 42.5 Å². The van der Waals surface area contributed by atoms with Gasteiger partial charge in [-0.1, -0.05) is 90.7 Å². The van der Waals surface area contributed by atoms with Crippen molar-refractivity contribution in [1.29, 1.82) is 0 Å². The summed E-state index contributed by atoms with van der Waals surface area (Å²) in [4.78, 5) is 14.4. The van der Waals surface area contributed by atoms with Crippen LogP contribution in [0.2, 0.25) is 0 Å². The normalized spacial score (nSPS) is 16.7. The molecule has 0 atom stereocenters. The number of benzene rings is 4.